The van der Waals surface area contributed by atoms with Gasteiger partial charge in [-0.1, -0.05) is 67.6 Å². The van der Waals surface area contributed by atoms with Gasteiger partial charge in [0.25, 0.3) is 0 Å². The zero-order valence-electron chi connectivity index (χ0n) is 10.6. The lowest BCUT2D eigenvalue weighted by atomic mass is 9.96. The highest BCUT2D eigenvalue weighted by atomic mass is 16.3. The average Bonchev–Trinajstić information content (AvgIpc) is 2.46. The number of hydrogen-bond donors (Lipinski definition) is 1. The topological polar surface area (TPSA) is 20.2 Å². The molecule has 0 radical (unpaired) electrons. The quantitative estimate of drug-likeness (QED) is 0.798. The van der Waals surface area contributed by atoms with E-state index in [1.165, 1.54) is 0 Å². The Labute approximate surface area is 108 Å². The van der Waals surface area contributed by atoms with Gasteiger partial charge in [0, 0.05) is 0 Å². The summed E-state index contributed by atoms with van der Waals surface area (Å²) in [5.41, 5.74) is 3.17. The number of hydrogen-bond acceptors (Lipinski definition) is 1. The van der Waals surface area contributed by atoms with Gasteiger partial charge in [-0.25, -0.2) is 0 Å². The molecule has 2 aromatic carbocycles. The Hall–Kier alpha value is -1.86. The Kier molecular flexibility index (Phi) is 4.32. The van der Waals surface area contributed by atoms with Crippen LogP contribution >= 0.6 is 0 Å². The molecule has 0 unspecified atom stereocenters. The van der Waals surface area contributed by atoms with Crippen molar-refractivity contribution in [3.8, 4) is 0 Å². The molecule has 1 heteroatoms. The molecule has 0 aliphatic rings. The molecule has 1 nitrogen and oxygen atoms in total. The molecule has 0 heterocycles. The van der Waals surface area contributed by atoms with E-state index >= 15 is 0 Å². The first kappa shape index (κ1) is 12.6. The van der Waals surface area contributed by atoms with E-state index in [1.807, 2.05) is 67.6 Å². The SMILES string of the molecule is CC[C@H](O)/C(=C/c1ccccc1)c1ccccc1. The van der Waals surface area contributed by atoms with E-state index < -0.39 is 6.10 Å². The van der Waals surface area contributed by atoms with Crippen LogP contribution < -0.4 is 0 Å². The van der Waals surface area contributed by atoms with Gasteiger partial charge >= 0.3 is 0 Å². The van der Waals surface area contributed by atoms with Crippen LogP contribution in [0.1, 0.15) is 24.5 Å². The third-order valence-electron chi connectivity index (χ3n) is 2.97. The summed E-state index contributed by atoms with van der Waals surface area (Å²) in [6.45, 7) is 1.99. The normalized spacial score (nSPS) is 13.3. The molecule has 1 N–H and O–H groups in total. The molecule has 0 aromatic heterocycles. The van der Waals surface area contributed by atoms with Gasteiger partial charge in [-0.3, -0.25) is 0 Å². The van der Waals surface area contributed by atoms with Gasteiger partial charge in [0.1, 0.15) is 0 Å². The predicted molar refractivity (Wildman–Crippen MR) is 77.1 cm³/mol. The molecular formula is C17H18O. The van der Waals surface area contributed by atoms with Crippen molar-refractivity contribution in [1.82, 2.24) is 0 Å². The number of rotatable bonds is 4. The molecule has 0 aliphatic heterocycles. The van der Waals surface area contributed by atoms with Crippen LogP contribution in [0.5, 0.6) is 0 Å². The van der Waals surface area contributed by atoms with Crippen LogP contribution in [0.4, 0.5) is 0 Å². The van der Waals surface area contributed by atoms with Gasteiger partial charge in [-0.15, -0.1) is 0 Å². The lowest BCUT2D eigenvalue weighted by molar-refractivity contribution is 0.229. The Morgan fingerprint density at radius 1 is 1.00 bits per heavy atom. The van der Waals surface area contributed by atoms with E-state index in [0.29, 0.717) is 6.42 Å². The van der Waals surface area contributed by atoms with Gasteiger partial charge in [-0.05, 0) is 29.2 Å². The molecule has 0 saturated carbocycles. The fourth-order valence-corrected chi connectivity index (χ4v) is 1.95. The maximum Gasteiger partial charge on any atom is 0.0793 e. The molecule has 92 valence electrons. The van der Waals surface area contributed by atoms with Crippen LogP contribution in [0.2, 0.25) is 0 Å². The number of benzene rings is 2. The van der Waals surface area contributed by atoms with Crippen LogP contribution in [0, 0.1) is 0 Å². The van der Waals surface area contributed by atoms with Gasteiger partial charge in [-0.2, -0.15) is 0 Å². The van der Waals surface area contributed by atoms with Crippen molar-refractivity contribution < 1.29 is 5.11 Å². The maximum atomic E-state index is 10.2. The average molecular weight is 238 g/mol. The minimum atomic E-state index is -0.424. The summed E-state index contributed by atoms with van der Waals surface area (Å²) in [6, 6.07) is 20.2. The summed E-state index contributed by atoms with van der Waals surface area (Å²) in [4.78, 5) is 0. The summed E-state index contributed by atoms with van der Waals surface area (Å²) >= 11 is 0. The van der Waals surface area contributed by atoms with Crippen molar-refractivity contribution in [2.24, 2.45) is 0 Å². The van der Waals surface area contributed by atoms with E-state index in [0.717, 1.165) is 16.7 Å². The fraction of sp³-hybridized carbons (Fsp3) is 0.176. The summed E-state index contributed by atoms with van der Waals surface area (Å²) < 4.78 is 0. The minimum absolute atomic E-state index is 0.424. The van der Waals surface area contributed by atoms with Crippen LogP contribution in [-0.4, -0.2) is 11.2 Å². The molecule has 0 amide bonds. The molecule has 0 aliphatic carbocycles. The van der Waals surface area contributed by atoms with Crippen LogP contribution in [0.3, 0.4) is 0 Å². The summed E-state index contributed by atoms with van der Waals surface area (Å²) in [5.74, 6) is 0. The molecule has 0 saturated heterocycles. The molecule has 0 fully saturated rings. The summed E-state index contributed by atoms with van der Waals surface area (Å²) in [6.07, 6.45) is 2.35. The van der Waals surface area contributed by atoms with Crippen molar-refractivity contribution in [3.05, 3.63) is 71.8 Å². The lowest BCUT2D eigenvalue weighted by Crippen LogP contribution is -2.07. The van der Waals surface area contributed by atoms with E-state index in [2.05, 4.69) is 6.08 Å². The van der Waals surface area contributed by atoms with Crippen LogP contribution in [0.25, 0.3) is 11.6 Å². The molecule has 1 atom stereocenters. The highest BCUT2D eigenvalue weighted by Gasteiger charge is 2.10. The summed E-state index contributed by atoms with van der Waals surface area (Å²) in [7, 11) is 0. The molecule has 0 spiro atoms. The third kappa shape index (κ3) is 3.08. The number of aliphatic hydroxyl groups excluding tert-OH is 1. The Morgan fingerprint density at radius 3 is 2.11 bits per heavy atom. The maximum absolute atomic E-state index is 10.2. The van der Waals surface area contributed by atoms with Crippen molar-refractivity contribution in [3.63, 3.8) is 0 Å². The van der Waals surface area contributed by atoms with Gasteiger partial charge in [0.05, 0.1) is 6.10 Å². The Balaban J connectivity index is 2.41. The smallest absolute Gasteiger partial charge is 0.0793 e. The molecule has 18 heavy (non-hydrogen) atoms. The largest absolute Gasteiger partial charge is 0.388 e. The second-order valence-electron chi connectivity index (χ2n) is 4.30. The standard InChI is InChI=1S/C17H18O/c1-2-17(18)16(15-11-7-4-8-12-15)13-14-9-5-3-6-10-14/h3-13,17-18H,2H2,1H3/b16-13+/t17-/m0/s1. The third-order valence-corrected chi connectivity index (χ3v) is 2.97. The monoisotopic (exact) mass is 238 g/mol. The van der Waals surface area contributed by atoms with E-state index in [-0.39, 0.29) is 0 Å². The Morgan fingerprint density at radius 2 is 1.56 bits per heavy atom. The van der Waals surface area contributed by atoms with Crippen molar-refractivity contribution in [1.29, 1.82) is 0 Å². The van der Waals surface area contributed by atoms with Crippen molar-refractivity contribution in [2.45, 2.75) is 19.4 Å². The fourth-order valence-electron chi connectivity index (χ4n) is 1.95. The van der Waals surface area contributed by atoms with Crippen molar-refractivity contribution in [2.75, 3.05) is 0 Å². The first-order chi connectivity index (χ1) is 8.81. The predicted octanol–water partition coefficient (Wildman–Crippen LogP) is 4.00. The van der Waals surface area contributed by atoms with Gasteiger partial charge < -0.3 is 5.11 Å². The highest BCUT2D eigenvalue weighted by Crippen LogP contribution is 2.23. The van der Waals surface area contributed by atoms with Crippen LogP contribution in [-0.2, 0) is 0 Å². The zero-order valence-corrected chi connectivity index (χ0v) is 10.6. The van der Waals surface area contributed by atoms with Crippen molar-refractivity contribution >= 4 is 11.6 Å². The van der Waals surface area contributed by atoms with Crippen LogP contribution in [0.15, 0.2) is 60.7 Å². The molecular weight excluding hydrogens is 220 g/mol. The van der Waals surface area contributed by atoms with E-state index in [1.54, 1.807) is 0 Å². The lowest BCUT2D eigenvalue weighted by Gasteiger charge is -2.14. The molecule has 2 rings (SSSR count). The first-order valence-corrected chi connectivity index (χ1v) is 6.31. The summed E-state index contributed by atoms with van der Waals surface area (Å²) in [5, 5.41) is 10.2. The van der Waals surface area contributed by atoms with Gasteiger partial charge in [0.2, 0.25) is 0 Å². The number of aliphatic hydroxyl groups is 1. The molecule has 0 bridgehead atoms. The van der Waals surface area contributed by atoms with Gasteiger partial charge in [0.15, 0.2) is 0 Å². The minimum Gasteiger partial charge on any atom is -0.388 e. The molecule has 2 aromatic rings. The zero-order chi connectivity index (χ0) is 12.8. The van der Waals surface area contributed by atoms with E-state index in [9.17, 15) is 5.11 Å². The first-order valence-electron chi connectivity index (χ1n) is 6.31. The second kappa shape index (κ2) is 6.18. The van der Waals surface area contributed by atoms with E-state index in [4.69, 9.17) is 0 Å². The highest BCUT2D eigenvalue weighted by molar-refractivity contribution is 5.83. The second-order valence-corrected chi connectivity index (χ2v) is 4.30. The Bertz CT molecular complexity index is 500.